The van der Waals surface area contributed by atoms with E-state index >= 15 is 0 Å². The second kappa shape index (κ2) is 8.90. The molecule has 0 spiro atoms. The number of rotatable bonds is 6. The van der Waals surface area contributed by atoms with Crippen molar-refractivity contribution in [2.24, 2.45) is 0 Å². The molecule has 31 heavy (non-hydrogen) atoms. The van der Waals surface area contributed by atoms with Crippen molar-refractivity contribution in [1.82, 2.24) is 0 Å². The van der Waals surface area contributed by atoms with E-state index in [4.69, 9.17) is 20.4 Å². The lowest BCUT2D eigenvalue weighted by molar-refractivity contribution is 0.102. The molecule has 0 radical (unpaired) electrons. The van der Waals surface area contributed by atoms with E-state index in [1.165, 1.54) is 12.3 Å². The summed E-state index contributed by atoms with van der Waals surface area (Å²) in [6, 6.07) is 19.3. The number of furan rings is 2. The summed E-state index contributed by atoms with van der Waals surface area (Å²) in [5.41, 5.74) is 2.34. The maximum absolute atomic E-state index is 12.5. The molecular weight excluding hydrogens is 414 g/mol. The van der Waals surface area contributed by atoms with Gasteiger partial charge in [-0.25, -0.2) is 0 Å². The maximum atomic E-state index is 12.5. The first-order chi connectivity index (χ1) is 15.0. The fourth-order valence-corrected chi connectivity index (χ4v) is 3.27. The molecule has 0 aliphatic carbocycles. The number of amides is 1. The number of halogens is 1. The molecule has 2 heterocycles. The Hall–Kier alpha value is -3.83. The van der Waals surface area contributed by atoms with Crippen molar-refractivity contribution < 1.29 is 18.4 Å². The van der Waals surface area contributed by atoms with E-state index < -0.39 is 0 Å². The third-order valence-corrected chi connectivity index (χ3v) is 5.03. The molecule has 6 heteroatoms. The summed E-state index contributed by atoms with van der Waals surface area (Å²) in [6.07, 6.45) is 4.52. The second-order valence-electron chi connectivity index (χ2n) is 6.80. The van der Waals surface area contributed by atoms with Crippen LogP contribution >= 0.6 is 11.6 Å². The van der Waals surface area contributed by atoms with Crippen LogP contribution in [0.25, 0.3) is 17.4 Å². The van der Waals surface area contributed by atoms with Crippen LogP contribution in [0.2, 0.25) is 5.02 Å². The highest BCUT2D eigenvalue weighted by atomic mass is 35.5. The van der Waals surface area contributed by atoms with Gasteiger partial charge in [0, 0.05) is 16.8 Å². The highest BCUT2D eigenvalue weighted by Gasteiger charge is 2.12. The predicted molar refractivity (Wildman–Crippen MR) is 120 cm³/mol. The van der Waals surface area contributed by atoms with Crippen LogP contribution in [0, 0.1) is 6.92 Å². The Balaban J connectivity index is 1.41. The van der Waals surface area contributed by atoms with Crippen LogP contribution in [0.5, 0.6) is 0 Å². The Morgan fingerprint density at radius 2 is 1.74 bits per heavy atom. The molecule has 5 nitrogen and oxygen atoms in total. The molecule has 0 saturated carbocycles. The zero-order chi connectivity index (χ0) is 21.8. The van der Waals surface area contributed by atoms with Gasteiger partial charge in [0.15, 0.2) is 5.78 Å². The number of benzene rings is 2. The Labute approximate surface area is 184 Å². The van der Waals surface area contributed by atoms with Gasteiger partial charge in [0.05, 0.1) is 16.8 Å². The third-order valence-electron chi connectivity index (χ3n) is 4.70. The first-order valence-electron chi connectivity index (χ1n) is 9.54. The van der Waals surface area contributed by atoms with Gasteiger partial charge in [-0.2, -0.15) is 0 Å². The number of carbonyl (C=O) groups excluding carboxylic acids is 2. The topological polar surface area (TPSA) is 72.5 Å². The molecule has 0 aliphatic rings. The van der Waals surface area contributed by atoms with E-state index in [9.17, 15) is 9.59 Å². The molecule has 1 N–H and O–H groups in total. The number of aryl methyl sites for hydroxylation is 1. The SMILES string of the molecule is Cc1occc1C(=O)Nc1ccc(C(=O)/C=C/c2ccc(-c3ccccc3Cl)o2)cc1. The molecule has 4 rings (SSSR count). The zero-order valence-corrected chi connectivity index (χ0v) is 17.3. The molecule has 4 aromatic rings. The Morgan fingerprint density at radius 3 is 2.45 bits per heavy atom. The van der Waals surface area contributed by atoms with Crippen LogP contribution in [-0.2, 0) is 0 Å². The molecule has 0 atom stereocenters. The molecule has 0 bridgehead atoms. The monoisotopic (exact) mass is 431 g/mol. The number of carbonyl (C=O) groups is 2. The van der Waals surface area contributed by atoms with Gasteiger partial charge in [0.2, 0.25) is 0 Å². The van der Waals surface area contributed by atoms with E-state index in [0.717, 1.165) is 5.56 Å². The summed E-state index contributed by atoms with van der Waals surface area (Å²) in [4.78, 5) is 24.7. The van der Waals surface area contributed by atoms with Crippen LogP contribution in [0.1, 0.15) is 32.2 Å². The lowest BCUT2D eigenvalue weighted by atomic mass is 10.1. The van der Waals surface area contributed by atoms with E-state index in [2.05, 4.69) is 5.32 Å². The van der Waals surface area contributed by atoms with Crippen LogP contribution in [0.3, 0.4) is 0 Å². The largest absolute Gasteiger partial charge is 0.469 e. The number of ketones is 1. The van der Waals surface area contributed by atoms with E-state index in [-0.39, 0.29) is 11.7 Å². The molecule has 0 saturated heterocycles. The van der Waals surface area contributed by atoms with E-state index in [0.29, 0.717) is 39.1 Å². The van der Waals surface area contributed by atoms with Crippen molar-refractivity contribution in [2.75, 3.05) is 5.32 Å². The lowest BCUT2D eigenvalue weighted by Gasteiger charge is -2.05. The average Bonchev–Trinajstić information content (AvgIpc) is 3.42. The number of anilines is 1. The summed E-state index contributed by atoms with van der Waals surface area (Å²) >= 11 is 6.19. The second-order valence-corrected chi connectivity index (χ2v) is 7.21. The van der Waals surface area contributed by atoms with Crippen molar-refractivity contribution in [3.8, 4) is 11.3 Å². The van der Waals surface area contributed by atoms with E-state index in [1.807, 2.05) is 24.3 Å². The number of hydrogen-bond donors (Lipinski definition) is 1. The van der Waals surface area contributed by atoms with Crippen LogP contribution in [0.4, 0.5) is 5.69 Å². The van der Waals surface area contributed by atoms with Crippen LogP contribution < -0.4 is 5.32 Å². The predicted octanol–water partition coefficient (Wildman–Crippen LogP) is 6.65. The number of nitrogens with one attached hydrogen (secondary N) is 1. The molecule has 0 unspecified atom stereocenters. The normalized spacial score (nSPS) is 11.0. The fourth-order valence-electron chi connectivity index (χ4n) is 3.04. The summed E-state index contributed by atoms with van der Waals surface area (Å²) in [5.74, 6) is 1.27. The minimum absolute atomic E-state index is 0.181. The van der Waals surface area contributed by atoms with E-state index in [1.54, 1.807) is 55.5 Å². The lowest BCUT2D eigenvalue weighted by Crippen LogP contribution is -2.12. The maximum Gasteiger partial charge on any atom is 0.259 e. The van der Waals surface area contributed by atoms with Crippen molar-refractivity contribution in [1.29, 1.82) is 0 Å². The summed E-state index contributed by atoms with van der Waals surface area (Å²) in [6.45, 7) is 1.72. The van der Waals surface area contributed by atoms with Gasteiger partial charge in [0.1, 0.15) is 17.3 Å². The van der Waals surface area contributed by atoms with Gasteiger partial charge in [-0.05, 0) is 73.7 Å². The third kappa shape index (κ3) is 4.68. The van der Waals surface area contributed by atoms with Crippen LogP contribution in [-0.4, -0.2) is 11.7 Å². The first kappa shape index (κ1) is 20.4. The van der Waals surface area contributed by atoms with Crippen molar-refractivity contribution in [2.45, 2.75) is 6.92 Å². The van der Waals surface area contributed by atoms with Crippen molar-refractivity contribution in [3.05, 3.63) is 107 Å². The highest BCUT2D eigenvalue weighted by Crippen LogP contribution is 2.29. The van der Waals surface area contributed by atoms with Crippen LogP contribution in [0.15, 0.2) is 87.9 Å². The molecular formula is C25H18ClNO4. The molecule has 2 aromatic heterocycles. The zero-order valence-electron chi connectivity index (χ0n) is 16.6. The molecule has 154 valence electrons. The standard InChI is InChI=1S/C25H18ClNO4/c1-16-20(14-15-30-16)25(29)27-18-8-6-17(7-9-18)23(28)12-10-19-11-13-24(31-19)21-4-2-3-5-22(21)26/h2-15H,1H3,(H,27,29)/b12-10+. The Bertz CT molecular complexity index is 1260. The van der Waals surface area contributed by atoms with Gasteiger partial charge in [0.25, 0.3) is 5.91 Å². The molecule has 1 amide bonds. The summed E-state index contributed by atoms with van der Waals surface area (Å²) < 4.78 is 10.9. The first-order valence-corrected chi connectivity index (χ1v) is 9.92. The minimum Gasteiger partial charge on any atom is -0.469 e. The molecule has 2 aromatic carbocycles. The van der Waals surface area contributed by atoms with Gasteiger partial charge in [-0.1, -0.05) is 23.7 Å². The quantitative estimate of drug-likeness (QED) is 0.274. The fraction of sp³-hybridized carbons (Fsp3) is 0.0400. The van der Waals surface area contributed by atoms with Gasteiger partial charge in [-0.3, -0.25) is 9.59 Å². The van der Waals surface area contributed by atoms with Crippen molar-refractivity contribution >= 4 is 35.1 Å². The summed E-state index contributed by atoms with van der Waals surface area (Å²) in [5, 5.41) is 3.37. The molecule has 0 fully saturated rings. The molecule has 0 aliphatic heterocycles. The van der Waals surface area contributed by atoms with Crippen molar-refractivity contribution in [3.63, 3.8) is 0 Å². The highest BCUT2D eigenvalue weighted by molar-refractivity contribution is 6.33. The Kier molecular flexibility index (Phi) is 5.87. The van der Waals surface area contributed by atoms with Gasteiger partial charge in [-0.15, -0.1) is 0 Å². The summed E-state index contributed by atoms with van der Waals surface area (Å²) in [7, 11) is 0. The number of hydrogen-bond acceptors (Lipinski definition) is 4. The van der Waals surface area contributed by atoms with Gasteiger partial charge < -0.3 is 14.2 Å². The Morgan fingerprint density at radius 1 is 0.968 bits per heavy atom. The number of allylic oxidation sites excluding steroid dienone is 1. The van der Waals surface area contributed by atoms with Gasteiger partial charge >= 0.3 is 0 Å². The smallest absolute Gasteiger partial charge is 0.259 e. The average molecular weight is 432 g/mol. The minimum atomic E-state index is -0.266.